The molecule has 0 saturated carbocycles. The van der Waals surface area contributed by atoms with Crippen molar-refractivity contribution >= 4 is 0 Å². The number of ether oxygens (including phenoxy) is 5. The monoisotopic (exact) mass is 242 g/mol. The molecule has 5 nitrogen and oxygen atoms in total. The van der Waals surface area contributed by atoms with Crippen LogP contribution in [0.25, 0.3) is 0 Å². The van der Waals surface area contributed by atoms with Gasteiger partial charge in [0.15, 0.2) is 12.6 Å². The van der Waals surface area contributed by atoms with Crippen molar-refractivity contribution in [2.45, 2.75) is 24.8 Å². The average Bonchev–Trinajstić information content (AvgIpc) is 3.18. The molecule has 2 aliphatic heterocycles. The van der Waals surface area contributed by atoms with Gasteiger partial charge in [-0.2, -0.15) is 0 Å². The Bertz CT molecular complexity index is 234. The molecule has 0 spiro atoms. The summed E-state index contributed by atoms with van der Waals surface area (Å²) >= 11 is 0. The Labute approximate surface area is 101 Å². The van der Waals surface area contributed by atoms with Crippen LogP contribution in [0.5, 0.6) is 0 Å². The van der Waals surface area contributed by atoms with Crippen LogP contribution in [0.4, 0.5) is 0 Å². The molecule has 4 unspecified atom stereocenters. The molecule has 2 rings (SSSR count). The fourth-order valence-corrected chi connectivity index (χ4v) is 1.35. The van der Waals surface area contributed by atoms with E-state index in [1.807, 2.05) is 0 Å². The maximum Gasteiger partial charge on any atom is 0.189 e. The molecular formula is C12H18O5. The molecule has 0 radical (unpaired) electrons. The van der Waals surface area contributed by atoms with Crippen LogP contribution in [0.1, 0.15) is 0 Å². The van der Waals surface area contributed by atoms with Gasteiger partial charge in [0.25, 0.3) is 0 Å². The molecule has 2 aliphatic rings. The SMILES string of the molecule is C=CCOC(OC(OCC=C)C1CO1)C1CO1. The zero-order valence-corrected chi connectivity index (χ0v) is 9.75. The lowest BCUT2D eigenvalue weighted by molar-refractivity contribution is -0.250. The van der Waals surface area contributed by atoms with E-state index in [2.05, 4.69) is 13.2 Å². The van der Waals surface area contributed by atoms with Gasteiger partial charge in [0.05, 0.1) is 26.4 Å². The van der Waals surface area contributed by atoms with E-state index >= 15 is 0 Å². The minimum Gasteiger partial charge on any atom is -0.368 e. The van der Waals surface area contributed by atoms with Crippen molar-refractivity contribution in [1.82, 2.24) is 0 Å². The van der Waals surface area contributed by atoms with Gasteiger partial charge >= 0.3 is 0 Å². The summed E-state index contributed by atoms with van der Waals surface area (Å²) in [5, 5.41) is 0. The second-order valence-corrected chi connectivity index (χ2v) is 3.86. The summed E-state index contributed by atoms with van der Waals surface area (Å²) < 4.78 is 27.0. The topological polar surface area (TPSA) is 52.8 Å². The summed E-state index contributed by atoms with van der Waals surface area (Å²) in [7, 11) is 0. The lowest BCUT2D eigenvalue weighted by atomic mass is 10.4. The minimum absolute atomic E-state index is 0.0106. The fourth-order valence-electron chi connectivity index (χ4n) is 1.35. The van der Waals surface area contributed by atoms with Gasteiger partial charge in [-0.3, -0.25) is 0 Å². The van der Waals surface area contributed by atoms with E-state index in [9.17, 15) is 0 Å². The van der Waals surface area contributed by atoms with E-state index in [0.717, 1.165) is 0 Å². The Morgan fingerprint density at radius 1 is 1.00 bits per heavy atom. The summed E-state index contributed by atoms with van der Waals surface area (Å²) in [4.78, 5) is 0. The van der Waals surface area contributed by atoms with Crippen molar-refractivity contribution < 1.29 is 23.7 Å². The Morgan fingerprint density at radius 3 is 1.71 bits per heavy atom. The predicted octanol–water partition coefficient (Wildman–Crippen LogP) is 0.858. The Hall–Kier alpha value is -0.720. The zero-order chi connectivity index (χ0) is 12.1. The van der Waals surface area contributed by atoms with Crippen molar-refractivity contribution in [3.8, 4) is 0 Å². The Kier molecular flexibility index (Phi) is 4.70. The Balaban J connectivity index is 1.79. The molecule has 96 valence electrons. The van der Waals surface area contributed by atoms with Crippen LogP contribution >= 0.6 is 0 Å². The highest BCUT2D eigenvalue weighted by atomic mass is 16.8. The van der Waals surface area contributed by atoms with Gasteiger partial charge in [0.1, 0.15) is 12.2 Å². The predicted molar refractivity (Wildman–Crippen MR) is 60.4 cm³/mol. The normalized spacial score (nSPS) is 29.4. The third-order valence-electron chi connectivity index (χ3n) is 2.35. The smallest absolute Gasteiger partial charge is 0.189 e. The van der Waals surface area contributed by atoms with E-state index in [1.165, 1.54) is 0 Å². The Morgan fingerprint density at radius 2 is 1.41 bits per heavy atom. The fraction of sp³-hybridized carbons (Fsp3) is 0.667. The van der Waals surface area contributed by atoms with Crippen LogP contribution in [0.2, 0.25) is 0 Å². The lowest BCUT2D eigenvalue weighted by Gasteiger charge is -2.22. The molecule has 5 heteroatoms. The highest BCUT2D eigenvalue weighted by Gasteiger charge is 2.41. The highest BCUT2D eigenvalue weighted by molar-refractivity contribution is 4.80. The first kappa shape index (κ1) is 12.7. The number of epoxide rings is 2. The van der Waals surface area contributed by atoms with Crippen molar-refractivity contribution in [1.29, 1.82) is 0 Å². The molecule has 4 atom stereocenters. The standard InChI is InChI=1S/C12H18O5/c1-3-5-13-11(9-7-15-9)17-12(10-8-16-10)14-6-4-2/h3-4,9-12H,1-2,5-8H2. The van der Waals surface area contributed by atoms with Crippen molar-refractivity contribution in [3.05, 3.63) is 25.3 Å². The molecule has 0 bridgehead atoms. The van der Waals surface area contributed by atoms with Gasteiger partial charge in [0, 0.05) is 0 Å². The summed E-state index contributed by atoms with van der Waals surface area (Å²) in [6, 6.07) is 0. The molecule has 2 fully saturated rings. The molecule has 17 heavy (non-hydrogen) atoms. The molecule has 2 heterocycles. The van der Waals surface area contributed by atoms with E-state index in [-0.39, 0.29) is 12.2 Å². The van der Waals surface area contributed by atoms with Crippen molar-refractivity contribution in [2.75, 3.05) is 26.4 Å². The lowest BCUT2D eigenvalue weighted by Crippen LogP contribution is -2.34. The van der Waals surface area contributed by atoms with Gasteiger partial charge in [-0.25, -0.2) is 0 Å². The number of rotatable bonds is 10. The van der Waals surface area contributed by atoms with Gasteiger partial charge < -0.3 is 23.7 Å². The summed E-state index contributed by atoms with van der Waals surface area (Å²) in [5.41, 5.74) is 0. The molecule has 0 aromatic carbocycles. The van der Waals surface area contributed by atoms with Crippen LogP contribution in [0, 0.1) is 0 Å². The highest BCUT2D eigenvalue weighted by Crippen LogP contribution is 2.25. The van der Waals surface area contributed by atoms with Gasteiger partial charge in [-0.05, 0) is 0 Å². The van der Waals surface area contributed by atoms with Crippen LogP contribution in [-0.2, 0) is 23.7 Å². The van der Waals surface area contributed by atoms with Crippen molar-refractivity contribution in [3.63, 3.8) is 0 Å². The van der Waals surface area contributed by atoms with Crippen LogP contribution in [0.15, 0.2) is 25.3 Å². The maximum absolute atomic E-state index is 5.71. The van der Waals surface area contributed by atoms with E-state index in [0.29, 0.717) is 26.4 Å². The zero-order valence-electron chi connectivity index (χ0n) is 9.75. The molecule has 0 aliphatic carbocycles. The summed E-state index contributed by atoms with van der Waals surface area (Å²) in [6.07, 6.45) is 2.48. The third-order valence-corrected chi connectivity index (χ3v) is 2.35. The molecule has 2 saturated heterocycles. The first-order valence-corrected chi connectivity index (χ1v) is 5.69. The third kappa shape index (κ3) is 4.22. The second kappa shape index (κ2) is 6.28. The van der Waals surface area contributed by atoms with Crippen molar-refractivity contribution in [2.24, 2.45) is 0 Å². The van der Waals surface area contributed by atoms with E-state index in [4.69, 9.17) is 23.7 Å². The number of hydrogen-bond donors (Lipinski definition) is 0. The molecule has 0 N–H and O–H groups in total. The van der Waals surface area contributed by atoms with Gasteiger partial charge in [0.2, 0.25) is 0 Å². The maximum atomic E-state index is 5.71. The van der Waals surface area contributed by atoms with Gasteiger partial charge in [-0.1, -0.05) is 12.2 Å². The molecule has 0 amide bonds. The van der Waals surface area contributed by atoms with Crippen LogP contribution < -0.4 is 0 Å². The van der Waals surface area contributed by atoms with E-state index < -0.39 is 12.6 Å². The molecular weight excluding hydrogens is 224 g/mol. The molecule has 0 aromatic heterocycles. The average molecular weight is 242 g/mol. The quantitative estimate of drug-likeness (QED) is 0.323. The largest absolute Gasteiger partial charge is 0.368 e. The van der Waals surface area contributed by atoms with E-state index in [1.54, 1.807) is 12.2 Å². The molecule has 0 aromatic rings. The second-order valence-electron chi connectivity index (χ2n) is 3.86. The first-order chi connectivity index (χ1) is 8.35. The summed E-state index contributed by atoms with van der Waals surface area (Å²) in [6.45, 7) is 9.35. The first-order valence-electron chi connectivity index (χ1n) is 5.69. The van der Waals surface area contributed by atoms with Crippen LogP contribution in [-0.4, -0.2) is 51.2 Å². The number of hydrogen-bond acceptors (Lipinski definition) is 5. The van der Waals surface area contributed by atoms with Gasteiger partial charge in [-0.15, -0.1) is 13.2 Å². The summed E-state index contributed by atoms with van der Waals surface area (Å²) in [5.74, 6) is 0. The van der Waals surface area contributed by atoms with Crippen LogP contribution in [0.3, 0.4) is 0 Å². The minimum atomic E-state index is -0.424.